The maximum atomic E-state index is 12.5. The molecule has 0 atom stereocenters. The van der Waals surface area contributed by atoms with Crippen molar-refractivity contribution in [1.29, 1.82) is 0 Å². The van der Waals surface area contributed by atoms with Crippen molar-refractivity contribution in [3.05, 3.63) is 48.5 Å². The van der Waals surface area contributed by atoms with Crippen molar-refractivity contribution in [2.75, 3.05) is 38.7 Å². The number of nitrogens with zero attached hydrogens (tertiary/aromatic N) is 3. The van der Waals surface area contributed by atoms with Crippen LogP contribution in [0.4, 0.5) is 5.95 Å². The minimum Gasteiger partial charge on any atom is -0.493 e. The van der Waals surface area contributed by atoms with Crippen LogP contribution in [0.3, 0.4) is 0 Å². The molecule has 0 aliphatic heterocycles. The number of aromatic nitrogens is 2. The quantitative estimate of drug-likeness (QED) is 0.569. The van der Waals surface area contributed by atoms with E-state index in [1.165, 1.54) is 0 Å². The van der Waals surface area contributed by atoms with Gasteiger partial charge in [0.2, 0.25) is 5.95 Å². The van der Waals surface area contributed by atoms with Gasteiger partial charge in [0.1, 0.15) is 0 Å². The molecule has 29 heavy (non-hydrogen) atoms. The Hall–Kier alpha value is -3.06. The third-order valence-electron chi connectivity index (χ3n) is 4.87. The zero-order valence-electron chi connectivity index (χ0n) is 17.2. The third kappa shape index (κ3) is 5.06. The lowest BCUT2D eigenvalue weighted by atomic mass is 10.3. The lowest BCUT2D eigenvalue weighted by molar-refractivity contribution is -0.118. The zero-order chi connectivity index (χ0) is 20.6. The number of anilines is 1. The summed E-state index contributed by atoms with van der Waals surface area (Å²) in [5.41, 5.74) is 1.86. The molecule has 0 radical (unpaired) electrons. The molecule has 3 rings (SSSR count). The van der Waals surface area contributed by atoms with Gasteiger partial charge in [0.15, 0.2) is 18.1 Å². The highest BCUT2D eigenvalue weighted by molar-refractivity contribution is 5.92. The van der Waals surface area contributed by atoms with Crippen LogP contribution in [0.25, 0.3) is 11.0 Å². The molecule has 7 nitrogen and oxygen atoms in total. The van der Waals surface area contributed by atoms with Crippen LogP contribution >= 0.6 is 0 Å². The molecular formula is C22H28N4O3. The molecule has 7 heteroatoms. The van der Waals surface area contributed by atoms with Crippen molar-refractivity contribution < 1.29 is 14.3 Å². The standard InChI is InChI=1S/C22H28N4O3/c1-4-25(5-2)14-15-26-18-11-7-6-10-17(18)23-22(26)24-21(27)16-29-20-13-9-8-12-19(20)28-3/h6-13H,4-5,14-16H2,1-3H3,(H,23,24,27). The van der Waals surface area contributed by atoms with Gasteiger partial charge in [-0.15, -0.1) is 0 Å². The van der Waals surface area contributed by atoms with Gasteiger partial charge in [0, 0.05) is 13.1 Å². The van der Waals surface area contributed by atoms with Crippen LogP contribution in [-0.4, -0.2) is 53.7 Å². The van der Waals surface area contributed by atoms with Crippen molar-refractivity contribution in [3.8, 4) is 11.5 Å². The SMILES string of the molecule is CCN(CC)CCn1c(NC(=O)COc2ccccc2OC)nc2ccccc21. The molecule has 0 fully saturated rings. The number of rotatable bonds is 10. The fourth-order valence-corrected chi connectivity index (χ4v) is 3.22. The zero-order valence-corrected chi connectivity index (χ0v) is 17.2. The molecule has 0 saturated heterocycles. The topological polar surface area (TPSA) is 68.6 Å². The molecular weight excluding hydrogens is 368 g/mol. The molecule has 1 amide bonds. The Bertz CT molecular complexity index is 950. The van der Waals surface area contributed by atoms with Crippen LogP contribution in [-0.2, 0) is 11.3 Å². The predicted octanol–water partition coefficient (Wildman–Crippen LogP) is 3.40. The second-order valence-electron chi connectivity index (χ2n) is 6.59. The van der Waals surface area contributed by atoms with Crippen LogP contribution in [0, 0.1) is 0 Å². The average molecular weight is 396 g/mol. The first-order valence-corrected chi connectivity index (χ1v) is 9.89. The summed E-state index contributed by atoms with van der Waals surface area (Å²) in [6.07, 6.45) is 0. The van der Waals surface area contributed by atoms with Crippen LogP contribution < -0.4 is 14.8 Å². The Kier molecular flexibility index (Phi) is 7.08. The van der Waals surface area contributed by atoms with Gasteiger partial charge in [-0.25, -0.2) is 4.98 Å². The summed E-state index contributed by atoms with van der Waals surface area (Å²) >= 11 is 0. The van der Waals surface area contributed by atoms with Crippen molar-refractivity contribution >= 4 is 22.9 Å². The van der Waals surface area contributed by atoms with Gasteiger partial charge in [-0.1, -0.05) is 38.1 Å². The van der Waals surface area contributed by atoms with Crippen LogP contribution in [0.5, 0.6) is 11.5 Å². The lowest BCUT2D eigenvalue weighted by Gasteiger charge is -2.19. The normalized spacial score (nSPS) is 11.0. The minimum atomic E-state index is -0.268. The lowest BCUT2D eigenvalue weighted by Crippen LogP contribution is -2.28. The Morgan fingerprint density at radius 1 is 1.07 bits per heavy atom. The molecule has 154 valence electrons. The molecule has 3 aromatic rings. The van der Waals surface area contributed by atoms with Gasteiger partial charge < -0.3 is 18.9 Å². The summed E-state index contributed by atoms with van der Waals surface area (Å²) in [6, 6.07) is 15.1. The number of imidazole rings is 1. The minimum absolute atomic E-state index is 0.125. The highest BCUT2D eigenvalue weighted by atomic mass is 16.5. The average Bonchev–Trinajstić information content (AvgIpc) is 3.10. The number of fused-ring (bicyclic) bond motifs is 1. The second-order valence-corrected chi connectivity index (χ2v) is 6.59. The molecule has 0 aliphatic rings. The molecule has 0 bridgehead atoms. The summed E-state index contributed by atoms with van der Waals surface area (Å²) in [4.78, 5) is 19.5. The second kappa shape index (κ2) is 9.93. The first-order valence-electron chi connectivity index (χ1n) is 9.89. The molecule has 0 unspecified atom stereocenters. The Morgan fingerprint density at radius 3 is 2.48 bits per heavy atom. The monoisotopic (exact) mass is 396 g/mol. The molecule has 2 aromatic carbocycles. The number of nitrogens with one attached hydrogen (secondary N) is 1. The molecule has 0 aliphatic carbocycles. The van der Waals surface area contributed by atoms with Gasteiger partial charge in [0.05, 0.1) is 18.1 Å². The maximum Gasteiger partial charge on any atom is 0.264 e. The van der Waals surface area contributed by atoms with E-state index in [9.17, 15) is 4.79 Å². The number of ether oxygens (including phenoxy) is 2. The number of benzene rings is 2. The van der Waals surface area contributed by atoms with E-state index in [4.69, 9.17) is 9.47 Å². The van der Waals surface area contributed by atoms with Gasteiger partial charge >= 0.3 is 0 Å². The van der Waals surface area contributed by atoms with E-state index in [1.54, 1.807) is 19.2 Å². The molecule has 1 N–H and O–H groups in total. The van der Waals surface area contributed by atoms with E-state index in [-0.39, 0.29) is 12.5 Å². The van der Waals surface area contributed by atoms with E-state index in [2.05, 4.69) is 33.6 Å². The number of hydrogen-bond acceptors (Lipinski definition) is 5. The fourth-order valence-electron chi connectivity index (χ4n) is 3.22. The predicted molar refractivity (Wildman–Crippen MR) is 115 cm³/mol. The smallest absolute Gasteiger partial charge is 0.264 e. The van der Waals surface area contributed by atoms with Gasteiger partial charge in [-0.3, -0.25) is 10.1 Å². The number of methoxy groups -OCH3 is 1. The number of para-hydroxylation sites is 4. The van der Waals surface area contributed by atoms with E-state index in [0.29, 0.717) is 17.4 Å². The highest BCUT2D eigenvalue weighted by Crippen LogP contribution is 2.25. The first kappa shape index (κ1) is 20.7. The summed E-state index contributed by atoms with van der Waals surface area (Å²) in [7, 11) is 1.57. The van der Waals surface area contributed by atoms with Crippen LogP contribution in [0.2, 0.25) is 0 Å². The van der Waals surface area contributed by atoms with Crippen LogP contribution in [0.15, 0.2) is 48.5 Å². The molecule has 0 spiro atoms. The summed E-state index contributed by atoms with van der Waals surface area (Å²) < 4.78 is 12.9. The Labute approximate surface area is 171 Å². The van der Waals surface area contributed by atoms with Crippen molar-refractivity contribution in [2.24, 2.45) is 0 Å². The van der Waals surface area contributed by atoms with E-state index >= 15 is 0 Å². The third-order valence-corrected chi connectivity index (χ3v) is 4.87. The van der Waals surface area contributed by atoms with Crippen molar-refractivity contribution in [2.45, 2.75) is 20.4 Å². The Morgan fingerprint density at radius 2 is 1.76 bits per heavy atom. The number of amides is 1. The fraction of sp³-hybridized carbons (Fsp3) is 0.364. The largest absolute Gasteiger partial charge is 0.493 e. The number of hydrogen-bond donors (Lipinski definition) is 1. The van der Waals surface area contributed by atoms with E-state index < -0.39 is 0 Å². The molecule has 0 saturated carbocycles. The Balaban J connectivity index is 1.73. The molecule has 1 heterocycles. The number of likely N-dealkylation sites (N-methyl/N-ethyl adjacent to an activating group) is 1. The first-order chi connectivity index (χ1) is 14.2. The summed E-state index contributed by atoms with van der Waals surface area (Å²) in [5.74, 6) is 1.38. The van der Waals surface area contributed by atoms with Crippen molar-refractivity contribution in [1.82, 2.24) is 14.5 Å². The number of carbonyl (C=O) groups excluding carboxylic acids is 1. The van der Waals surface area contributed by atoms with Crippen LogP contribution in [0.1, 0.15) is 13.8 Å². The van der Waals surface area contributed by atoms with Gasteiger partial charge in [0.25, 0.3) is 5.91 Å². The van der Waals surface area contributed by atoms with E-state index in [0.717, 1.165) is 37.2 Å². The summed E-state index contributed by atoms with van der Waals surface area (Å²) in [5, 5.41) is 2.90. The van der Waals surface area contributed by atoms with Crippen molar-refractivity contribution in [3.63, 3.8) is 0 Å². The molecule has 1 aromatic heterocycles. The highest BCUT2D eigenvalue weighted by Gasteiger charge is 2.15. The number of carbonyl (C=O) groups is 1. The maximum absolute atomic E-state index is 12.5. The van der Waals surface area contributed by atoms with Gasteiger partial charge in [-0.2, -0.15) is 0 Å². The van der Waals surface area contributed by atoms with Gasteiger partial charge in [-0.05, 0) is 37.4 Å². The van der Waals surface area contributed by atoms with E-state index in [1.807, 2.05) is 36.4 Å². The summed E-state index contributed by atoms with van der Waals surface area (Å²) in [6.45, 7) is 7.76.